The van der Waals surface area contributed by atoms with E-state index in [0.717, 1.165) is 6.42 Å². The summed E-state index contributed by atoms with van der Waals surface area (Å²) < 4.78 is 5.80. The fourth-order valence-corrected chi connectivity index (χ4v) is 6.01. The molecular weight excluding hydrogens is 408 g/mol. The van der Waals surface area contributed by atoms with Gasteiger partial charge in [0.2, 0.25) is 0 Å². The zero-order valence-corrected chi connectivity index (χ0v) is 17.8. The Labute approximate surface area is 179 Å². The average molecular weight is 435 g/mol. The smallest absolute Gasteiger partial charge is 0.111 e. The number of aliphatic hydroxyl groups excluding tert-OH is 4. The second-order valence-corrected chi connectivity index (χ2v) is 9.71. The molecule has 2 heterocycles. The molecule has 1 saturated heterocycles. The van der Waals surface area contributed by atoms with Crippen molar-refractivity contribution in [2.75, 3.05) is 12.9 Å². The summed E-state index contributed by atoms with van der Waals surface area (Å²) in [4.78, 5) is 2.44. The van der Waals surface area contributed by atoms with Crippen molar-refractivity contribution in [3.05, 3.63) is 59.2 Å². The quantitative estimate of drug-likeness (QED) is 0.534. The Morgan fingerprint density at radius 1 is 1.03 bits per heavy atom. The summed E-state index contributed by atoms with van der Waals surface area (Å²) in [5.74, 6) is 0. The zero-order valence-electron chi connectivity index (χ0n) is 16.1. The van der Waals surface area contributed by atoms with Crippen molar-refractivity contribution in [3.8, 4) is 0 Å². The largest absolute Gasteiger partial charge is 0.394 e. The van der Waals surface area contributed by atoms with Crippen LogP contribution in [0.15, 0.2) is 52.3 Å². The Morgan fingerprint density at radius 3 is 2.48 bits per heavy atom. The standard InChI is InChI=1S/C22H26O5S2/c1-28-15-7-5-12(6-8-15)9-13-3-2-4-14-10-17(29-22(13)14)21-20(26)19(25)18(24)16(11-23)27-21/h2-8,16-21,23-26H,9-11H2,1H3/t16-,17?,18-,19+,20-,21+/m1/s1. The van der Waals surface area contributed by atoms with E-state index in [0.29, 0.717) is 6.42 Å². The summed E-state index contributed by atoms with van der Waals surface area (Å²) in [6.07, 6.45) is -1.76. The predicted octanol–water partition coefficient (Wildman–Crippen LogP) is 1.86. The average Bonchev–Trinajstić information content (AvgIpc) is 3.18. The minimum absolute atomic E-state index is 0.0868. The van der Waals surface area contributed by atoms with Crippen LogP contribution in [-0.4, -0.2) is 69.1 Å². The van der Waals surface area contributed by atoms with E-state index in [4.69, 9.17) is 4.74 Å². The number of thioether (sulfide) groups is 2. The summed E-state index contributed by atoms with van der Waals surface area (Å²) in [6.45, 7) is -0.400. The second kappa shape index (κ2) is 8.98. The molecule has 0 saturated carbocycles. The fourth-order valence-electron chi connectivity index (χ4n) is 4.08. The van der Waals surface area contributed by atoms with Gasteiger partial charge in [0, 0.05) is 15.0 Å². The number of hydrogen-bond donors (Lipinski definition) is 4. The molecule has 1 fully saturated rings. The molecule has 6 atom stereocenters. The maximum atomic E-state index is 10.5. The van der Waals surface area contributed by atoms with Crippen molar-refractivity contribution in [2.45, 2.75) is 58.4 Å². The number of ether oxygens (including phenoxy) is 1. The van der Waals surface area contributed by atoms with E-state index < -0.39 is 37.1 Å². The number of rotatable bonds is 5. The van der Waals surface area contributed by atoms with Crippen LogP contribution in [0.4, 0.5) is 0 Å². The van der Waals surface area contributed by atoms with Crippen LogP contribution >= 0.6 is 23.5 Å². The molecule has 2 aromatic carbocycles. The number of aliphatic hydroxyl groups is 4. The van der Waals surface area contributed by atoms with Crippen molar-refractivity contribution in [2.24, 2.45) is 0 Å². The molecule has 0 aromatic heterocycles. The highest BCUT2D eigenvalue weighted by atomic mass is 32.2. The molecule has 0 aliphatic carbocycles. The lowest BCUT2D eigenvalue weighted by molar-refractivity contribution is -0.228. The summed E-state index contributed by atoms with van der Waals surface area (Å²) in [5, 5.41) is 40.0. The predicted molar refractivity (Wildman–Crippen MR) is 115 cm³/mol. The lowest BCUT2D eigenvalue weighted by Crippen LogP contribution is -2.60. The van der Waals surface area contributed by atoms with E-state index >= 15 is 0 Å². The molecule has 2 aliphatic heterocycles. The monoisotopic (exact) mass is 434 g/mol. The van der Waals surface area contributed by atoms with Gasteiger partial charge < -0.3 is 25.2 Å². The third kappa shape index (κ3) is 4.23. The Balaban J connectivity index is 1.53. The molecule has 0 amide bonds. The van der Waals surface area contributed by atoms with Crippen LogP contribution < -0.4 is 0 Å². The van der Waals surface area contributed by atoms with E-state index in [1.54, 1.807) is 23.5 Å². The maximum Gasteiger partial charge on any atom is 0.111 e. The van der Waals surface area contributed by atoms with Crippen LogP contribution in [0.1, 0.15) is 16.7 Å². The first-order valence-electron chi connectivity index (χ1n) is 9.72. The molecule has 0 bridgehead atoms. The molecule has 2 aromatic rings. The molecule has 4 N–H and O–H groups in total. The molecule has 5 nitrogen and oxygen atoms in total. The summed E-state index contributed by atoms with van der Waals surface area (Å²) in [5.41, 5.74) is 3.68. The molecule has 0 radical (unpaired) electrons. The topological polar surface area (TPSA) is 90.2 Å². The van der Waals surface area contributed by atoms with Gasteiger partial charge in [-0.1, -0.05) is 30.3 Å². The van der Waals surface area contributed by atoms with Gasteiger partial charge in [-0.3, -0.25) is 0 Å². The molecule has 0 spiro atoms. The fraction of sp³-hybridized carbons (Fsp3) is 0.455. The Bertz CT molecular complexity index is 842. The summed E-state index contributed by atoms with van der Waals surface area (Å²) in [6, 6.07) is 14.8. The van der Waals surface area contributed by atoms with E-state index in [9.17, 15) is 20.4 Å². The normalized spacial score (nSPS) is 31.6. The highest BCUT2D eigenvalue weighted by Gasteiger charge is 2.47. The molecule has 29 heavy (non-hydrogen) atoms. The maximum absolute atomic E-state index is 10.5. The van der Waals surface area contributed by atoms with Crippen molar-refractivity contribution in [1.82, 2.24) is 0 Å². The zero-order chi connectivity index (χ0) is 20.5. The van der Waals surface area contributed by atoms with Gasteiger partial charge >= 0.3 is 0 Å². The third-order valence-electron chi connectivity index (χ3n) is 5.72. The Kier molecular flexibility index (Phi) is 6.56. The number of benzene rings is 2. The first-order chi connectivity index (χ1) is 14.0. The van der Waals surface area contributed by atoms with Crippen LogP contribution in [0.2, 0.25) is 0 Å². The lowest BCUT2D eigenvalue weighted by atomic mass is 9.91. The van der Waals surface area contributed by atoms with Gasteiger partial charge in [0.25, 0.3) is 0 Å². The molecular formula is C22H26O5S2. The molecule has 1 unspecified atom stereocenters. The van der Waals surface area contributed by atoms with Gasteiger partial charge in [-0.2, -0.15) is 0 Å². The van der Waals surface area contributed by atoms with E-state index in [-0.39, 0.29) is 5.25 Å². The molecule has 7 heteroatoms. The minimum Gasteiger partial charge on any atom is -0.394 e. The lowest BCUT2D eigenvalue weighted by Gasteiger charge is -2.42. The van der Waals surface area contributed by atoms with Crippen molar-refractivity contribution in [3.63, 3.8) is 0 Å². The first-order valence-corrected chi connectivity index (χ1v) is 11.8. The van der Waals surface area contributed by atoms with Gasteiger partial charge in [0.05, 0.1) is 12.7 Å². The van der Waals surface area contributed by atoms with Gasteiger partial charge in [-0.15, -0.1) is 23.5 Å². The van der Waals surface area contributed by atoms with Crippen LogP contribution in [-0.2, 0) is 17.6 Å². The van der Waals surface area contributed by atoms with Crippen molar-refractivity contribution in [1.29, 1.82) is 0 Å². The highest BCUT2D eigenvalue weighted by molar-refractivity contribution is 8.00. The van der Waals surface area contributed by atoms with Crippen LogP contribution in [0.3, 0.4) is 0 Å². The van der Waals surface area contributed by atoms with Crippen LogP contribution in [0.5, 0.6) is 0 Å². The Hall–Kier alpha value is -1.06. The van der Waals surface area contributed by atoms with Gasteiger partial charge in [0.15, 0.2) is 0 Å². The molecule has 4 rings (SSSR count). The van der Waals surface area contributed by atoms with E-state index in [1.165, 1.54) is 26.5 Å². The number of fused-ring (bicyclic) bond motifs is 1. The van der Waals surface area contributed by atoms with Crippen molar-refractivity contribution < 1.29 is 25.2 Å². The minimum atomic E-state index is -1.33. The summed E-state index contributed by atoms with van der Waals surface area (Å²) in [7, 11) is 0. The van der Waals surface area contributed by atoms with Gasteiger partial charge in [0.1, 0.15) is 24.4 Å². The number of hydrogen-bond acceptors (Lipinski definition) is 7. The first kappa shape index (κ1) is 21.2. The van der Waals surface area contributed by atoms with E-state index in [1.807, 2.05) is 0 Å². The highest BCUT2D eigenvalue weighted by Crippen LogP contribution is 2.44. The van der Waals surface area contributed by atoms with E-state index in [2.05, 4.69) is 48.7 Å². The van der Waals surface area contributed by atoms with Gasteiger partial charge in [-0.05, 0) is 47.9 Å². The van der Waals surface area contributed by atoms with Crippen LogP contribution in [0, 0.1) is 0 Å². The molecule has 2 aliphatic rings. The second-order valence-electron chi connectivity index (χ2n) is 7.58. The Morgan fingerprint density at radius 2 is 1.79 bits per heavy atom. The third-order valence-corrected chi connectivity index (χ3v) is 7.96. The SMILES string of the molecule is CSc1ccc(Cc2cccc3c2SC([C@@H]2O[C@H](CO)[C@@H](O)[C@H](O)[C@H]2O)C3)cc1. The summed E-state index contributed by atoms with van der Waals surface area (Å²) >= 11 is 3.38. The van der Waals surface area contributed by atoms with Crippen LogP contribution in [0.25, 0.3) is 0 Å². The molecule has 156 valence electrons. The van der Waals surface area contributed by atoms with Crippen molar-refractivity contribution >= 4 is 23.5 Å². The van der Waals surface area contributed by atoms with Gasteiger partial charge in [-0.25, -0.2) is 0 Å².